The molecule has 110 valence electrons. The van der Waals surface area contributed by atoms with Gasteiger partial charge in [0, 0.05) is 35.9 Å². The van der Waals surface area contributed by atoms with E-state index in [2.05, 4.69) is 5.32 Å². The summed E-state index contributed by atoms with van der Waals surface area (Å²) in [6.45, 7) is 2.83. The average molecular weight is 294 g/mol. The molecule has 0 bridgehead atoms. The van der Waals surface area contributed by atoms with Crippen molar-refractivity contribution in [3.05, 3.63) is 23.8 Å². The number of nitrogen functional groups attached to an aromatic ring is 1. The minimum Gasteiger partial charge on any atom is -0.399 e. The minimum absolute atomic E-state index is 0.0534. The van der Waals surface area contributed by atoms with E-state index in [1.807, 2.05) is 19.1 Å². The van der Waals surface area contributed by atoms with Gasteiger partial charge in [0.2, 0.25) is 5.91 Å². The highest BCUT2D eigenvalue weighted by atomic mass is 32.2. The van der Waals surface area contributed by atoms with Crippen LogP contribution in [0.25, 0.3) is 0 Å². The molecule has 5 heteroatoms. The predicted octanol–water partition coefficient (Wildman–Crippen LogP) is 2.82. The number of thioether (sulfide) groups is 1. The summed E-state index contributed by atoms with van der Waals surface area (Å²) < 4.78 is 5.55. The first-order chi connectivity index (χ1) is 9.65. The molecular weight excluding hydrogens is 272 g/mol. The minimum atomic E-state index is 0.0534. The molecule has 0 saturated carbocycles. The molecule has 1 aromatic rings. The van der Waals surface area contributed by atoms with Crippen LogP contribution in [0.3, 0.4) is 0 Å². The number of hydrogen-bond donors (Lipinski definition) is 2. The van der Waals surface area contributed by atoms with Crippen LogP contribution in [0.5, 0.6) is 0 Å². The average Bonchev–Trinajstić information content (AvgIpc) is 2.91. The van der Waals surface area contributed by atoms with E-state index in [1.54, 1.807) is 17.8 Å². The van der Waals surface area contributed by atoms with Gasteiger partial charge in [-0.1, -0.05) is 0 Å². The summed E-state index contributed by atoms with van der Waals surface area (Å²) in [4.78, 5) is 11.9. The molecule has 4 nitrogen and oxygen atoms in total. The smallest absolute Gasteiger partial charge is 0.225 e. The summed E-state index contributed by atoms with van der Waals surface area (Å²) >= 11 is 1.79. The molecular formula is C15H22N2O2S. The number of hydrogen-bond acceptors (Lipinski definition) is 4. The summed E-state index contributed by atoms with van der Waals surface area (Å²) in [5.41, 5.74) is 8.24. The van der Waals surface area contributed by atoms with Gasteiger partial charge >= 0.3 is 0 Å². The number of nitrogens with one attached hydrogen (secondary N) is 1. The topological polar surface area (TPSA) is 64.3 Å². The van der Waals surface area contributed by atoms with Crippen molar-refractivity contribution in [1.82, 2.24) is 0 Å². The molecule has 0 aromatic heterocycles. The van der Waals surface area contributed by atoms with Gasteiger partial charge in [0.15, 0.2) is 0 Å². The third-order valence-corrected chi connectivity index (χ3v) is 4.43. The lowest BCUT2D eigenvalue weighted by molar-refractivity contribution is -0.115. The van der Waals surface area contributed by atoms with Gasteiger partial charge < -0.3 is 15.8 Å². The summed E-state index contributed by atoms with van der Waals surface area (Å²) in [6.07, 6.45) is 3.25. The zero-order valence-electron chi connectivity index (χ0n) is 11.9. The molecule has 1 aromatic carbocycles. The summed E-state index contributed by atoms with van der Waals surface area (Å²) in [5.74, 6) is 1.88. The molecule has 1 heterocycles. The molecule has 1 atom stereocenters. The Morgan fingerprint density at radius 3 is 3.10 bits per heavy atom. The lowest BCUT2D eigenvalue weighted by atomic mass is 10.2. The Hall–Kier alpha value is -1.20. The van der Waals surface area contributed by atoms with Crippen LogP contribution in [0, 0.1) is 6.92 Å². The van der Waals surface area contributed by atoms with E-state index in [-0.39, 0.29) is 5.91 Å². The van der Waals surface area contributed by atoms with Gasteiger partial charge in [-0.05, 0) is 43.5 Å². The Morgan fingerprint density at radius 1 is 1.55 bits per heavy atom. The van der Waals surface area contributed by atoms with E-state index in [1.165, 1.54) is 6.42 Å². The van der Waals surface area contributed by atoms with Gasteiger partial charge in [0.25, 0.3) is 0 Å². The fourth-order valence-corrected chi connectivity index (χ4v) is 3.22. The number of benzene rings is 1. The summed E-state index contributed by atoms with van der Waals surface area (Å²) in [7, 11) is 0. The highest BCUT2D eigenvalue weighted by Gasteiger charge is 2.15. The molecule has 0 spiro atoms. The van der Waals surface area contributed by atoms with Crippen molar-refractivity contribution >= 4 is 29.0 Å². The fraction of sp³-hybridized carbons (Fsp3) is 0.533. The number of aryl methyl sites for hydroxylation is 1. The van der Waals surface area contributed by atoms with Gasteiger partial charge in [-0.2, -0.15) is 11.8 Å². The first-order valence-corrected chi connectivity index (χ1v) is 8.16. The first kappa shape index (κ1) is 15.2. The van der Waals surface area contributed by atoms with Gasteiger partial charge in [0.1, 0.15) is 0 Å². The molecule has 2 rings (SSSR count). The quantitative estimate of drug-likeness (QED) is 0.625. The Bertz CT molecular complexity index is 459. The third-order valence-electron chi connectivity index (χ3n) is 3.33. The van der Waals surface area contributed by atoms with Crippen LogP contribution in [0.1, 0.15) is 24.8 Å². The SMILES string of the molecule is Cc1cc(N)ccc1NC(=O)CCSCC1CCCO1. The Labute approximate surface area is 124 Å². The number of anilines is 2. The van der Waals surface area contributed by atoms with Crippen molar-refractivity contribution in [3.63, 3.8) is 0 Å². The Kier molecular flexibility index (Phi) is 5.73. The molecule has 1 unspecified atom stereocenters. The lowest BCUT2D eigenvalue weighted by Crippen LogP contribution is -2.14. The highest BCUT2D eigenvalue weighted by molar-refractivity contribution is 7.99. The van der Waals surface area contributed by atoms with Crippen molar-refractivity contribution in [2.24, 2.45) is 0 Å². The van der Waals surface area contributed by atoms with E-state index in [0.29, 0.717) is 18.2 Å². The van der Waals surface area contributed by atoms with Crippen molar-refractivity contribution in [3.8, 4) is 0 Å². The van der Waals surface area contributed by atoms with Gasteiger partial charge in [-0.25, -0.2) is 0 Å². The normalized spacial score (nSPS) is 18.1. The molecule has 20 heavy (non-hydrogen) atoms. The van der Waals surface area contributed by atoms with E-state index in [9.17, 15) is 4.79 Å². The first-order valence-electron chi connectivity index (χ1n) is 7.00. The predicted molar refractivity (Wildman–Crippen MR) is 85.1 cm³/mol. The van der Waals surface area contributed by atoms with Crippen LogP contribution in [-0.2, 0) is 9.53 Å². The van der Waals surface area contributed by atoms with Crippen LogP contribution in [0.4, 0.5) is 11.4 Å². The van der Waals surface area contributed by atoms with Crippen LogP contribution in [0.15, 0.2) is 18.2 Å². The van der Waals surface area contributed by atoms with Crippen LogP contribution in [-0.4, -0.2) is 30.1 Å². The molecule has 0 aliphatic carbocycles. The summed E-state index contributed by atoms with van der Waals surface area (Å²) in [5, 5.41) is 2.93. The zero-order chi connectivity index (χ0) is 14.4. The zero-order valence-corrected chi connectivity index (χ0v) is 12.7. The molecule has 1 aliphatic heterocycles. The van der Waals surface area contributed by atoms with Crippen molar-refractivity contribution < 1.29 is 9.53 Å². The number of nitrogens with two attached hydrogens (primary N) is 1. The van der Waals surface area contributed by atoms with E-state index < -0.39 is 0 Å². The highest BCUT2D eigenvalue weighted by Crippen LogP contribution is 2.19. The van der Waals surface area contributed by atoms with Crippen molar-refractivity contribution in [2.45, 2.75) is 32.3 Å². The number of carbonyl (C=O) groups is 1. The van der Waals surface area contributed by atoms with Crippen LogP contribution < -0.4 is 11.1 Å². The Morgan fingerprint density at radius 2 is 2.40 bits per heavy atom. The monoisotopic (exact) mass is 294 g/mol. The second-order valence-corrected chi connectivity index (χ2v) is 6.23. The second kappa shape index (κ2) is 7.55. The lowest BCUT2D eigenvalue weighted by Gasteiger charge is -2.10. The van der Waals surface area contributed by atoms with Crippen LogP contribution in [0.2, 0.25) is 0 Å². The number of ether oxygens (including phenoxy) is 1. The van der Waals surface area contributed by atoms with E-state index in [0.717, 1.165) is 35.8 Å². The standard InChI is InChI=1S/C15H22N2O2S/c1-11-9-12(16)4-5-14(11)17-15(18)6-8-20-10-13-3-2-7-19-13/h4-5,9,13H,2-3,6-8,10,16H2,1H3,(H,17,18). The maximum atomic E-state index is 11.9. The fourth-order valence-electron chi connectivity index (χ4n) is 2.20. The molecule has 1 saturated heterocycles. The van der Waals surface area contributed by atoms with Gasteiger partial charge in [-0.3, -0.25) is 4.79 Å². The van der Waals surface area contributed by atoms with E-state index in [4.69, 9.17) is 10.5 Å². The van der Waals surface area contributed by atoms with Crippen molar-refractivity contribution in [2.75, 3.05) is 29.2 Å². The maximum absolute atomic E-state index is 11.9. The number of carbonyl (C=O) groups excluding carboxylic acids is 1. The Balaban J connectivity index is 1.67. The van der Waals surface area contributed by atoms with E-state index >= 15 is 0 Å². The maximum Gasteiger partial charge on any atom is 0.225 e. The van der Waals surface area contributed by atoms with Gasteiger partial charge in [-0.15, -0.1) is 0 Å². The molecule has 1 aliphatic rings. The molecule has 1 amide bonds. The number of amides is 1. The molecule has 3 N–H and O–H groups in total. The van der Waals surface area contributed by atoms with Crippen LogP contribution >= 0.6 is 11.8 Å². The molecule has 1 fully saturated rings. The molecule has 0 radical (unpaired) electrons. The van der Waals surface area contributed by atoms with Crippen molar-refractivity contribution in [1.29, 1.82) is 0 Å². The second-order valence-electron chi connectivity index (χ2n) is 5.08. The largest absolute Gasteiger partial charge is 0.399 e. The number of rotatable bonds is 6. The third kappa shape index (κ3) is 4.72. The summed E-state index contributed by atoms with van der Waals surface area (Å²) in [6, 6.07) is 5.51. The van der Waals surface area contributed by atoms with Gasteiger partial charge in [0.05, 0.1) is 6.10 Å².